The Morgan fingerprint density at radius 3 is 2.67 bits per heavy atom. The maximum Gasteiger partial charge on any atom is 0.273 e. The second kappa shape index (κ2) is 8.70. The zero-order valence-electron chi connectivity index (χ0n) is 13.8. The second-order valence-electron chi connectivity index (χ2n) is 5.38. The van der Waals surface area contributed by atoms with Crippen LogP contribution in [0.4, 0.5) is 10.1 Å². The first-order chi connectivity index (χ1) is 13.0. The Morgan fingerprint density at radius 1 is 1.07 bits per heavy atom. The van der Waals surface area contributed by atoms with Gasteiger partial charge < -0.3 is 5.32 Å². The van der Waals surface area contributed by atoms with Gasteiger partial charge in [0.05, 0.1) is 22.3 Å². The lowest BCUT2D eigenvalue weighted by molar-refractivity contribution is 0.0956. The summed E-state index contributed by atoms with van der Waals surface area (Å²) in [5.41, 5.74) is 3.49. The van der Waals surface area contributed by atoms with Crippen molar-refractivity contribution in [1.82, 2.24) is 5.43 Å². The number of rotatable bonds is 5. The predicted molar refractivity (Wildman–Crippen MR) is 108 cm³/mol. The first-order valence-corrected chi connectivity index (χ1v) is 9.43. The number of benzene rings is 2. The van der Waals surface area contributed by atoms with Crippen molar-refractivity contribution >= 4 is 51.0 Å². The average Bonchev–Trinajstić information content (AvgIpc) is 3.18. The summed E-state index contributed by atoms with van der Waals surface area (Å²) in [6.45, 7) is 0. The fourth-order valence-electron chi connectivity index (χ4n) is 2.22. The maximum absolute atomic E-state index is 13.2. The Morgan fingerprint density at radius 2 is 1.93 bits per heavy atom. The largest absolute Gasteiger partial charge is 0.321 e. The molecule has 2 amide bonds. The van der Waals surface area contributed by atoms with Gasteiger partial charge >= 0.3 is 0 Å². The van der Waals surface area contributed by atoms with Crippen LogP contribution in [0, 0.1) is 5.82 Å². The molecule has 2 aromatic carbocycles. The van der Waals surface area contributed by atoms with E-state index in [4.69, 9.17) is 0 Å². The molecule has 0 aliphatic carbocycles. The molecule has 0 spiro atoms. The van der Waals surface area contributed by atoms with Gasteiger partial charge in [0.2, 0.25) is 0 Å². The highest BCUT2D eigenvalue weighted by Crippen LogP contribution is 2.22. The summed E-state index contributed by atoms with van der Waals surface area (Å²) in [7, 11) is 0. The molecule has 0 unspecified atom stereocenters. The molecule has 27 heavy (non-hydrogen) atoms. The van der Waals surface area contributed by atoms with Crippen molar-refractivity contribution in [3.05, 3.63) is 86.3 Å². The van der Waals surface area contributed by atoms with Crippen LogP contribution in [0.2, 0.25) is 0 Å². The normalized spacial score (nSPS) is 10.7. The predicted octanol–water partition coefficient (Wildman–Crippen LogP) is 4.67. The van der Waals surface area contributed by atoms with Gasteiger partial charge in [0.15, 0.2) is 0 Å². The highest BCUT2D eigenvalue weighted by Gasteiger charge is 2.15. The van der Waals surface area contributed by atoms with Crippen LogP contribution < -0.4 is 10.7 Å². The minimum absolute atomic E-state index is 0.241. The number of thiophene rings is 1. The number of hydrazone groups is 1. The van der Waals surface area contributed by atoms with E-state index >= 15 is 0 Å². The van der Waals surface area contributed by atoms with Gasteiger partial charge in [-0.25, -0.2) is 9.82 Å². The minimum atomic E-state index is -0.509. The second-order valence-corrected chi connectivity index (χ2v) is 7.24. The molecule has 0 fully saturated rings. The molecule has 0 saturated heterocycles. The zero-order chi connectivity index (χ0) is 19.2. The number of carbonyl (C=O) groups excluding carboxylic acids is 2. The monoisotopic (exact) mass is 445 g/mol. The minimum Gasteiger partial charge on any atom is -0.321 e. The van der Waals surface area contributed by atoms with E-state index in [1.54, 1.807) is 47.8 Å². The van der Waals surface area contributed by atoms with Crippen molar-refractivity contribution in [3.8, 4) is 0 Å². The molecule has 0 saturated carbocycles. The zero-order valence-corrected chi connectivity index (χ0v) is 16.2. The van der Waals surface area contributed by atoms with Crippen LogP contribution in [0.5, 0.6) is 0 Å². The number of halogens is 2. The summed E-state index contributed by atoms with van der Waals surface area (Å²) >= 11 is 4.62. The standard InChI is InChI=1S/C19H13BrFN3O2S/c20-13-6-7-16(23-19(26)17-5-2-8-27-17)15(10-13)18(25)24-22-11-12-3-1-4-14(21)9-12/h1-11H,(H,23,26)(H,24,25)/b22-11+. The van der Waals surface area contributed by atoms with Crippen molar-refractivity contribution in [2.45, 2.75) is 0 Å². The number of carbonyl (C=O) groups is 2. The summed E-state index contributed by atoms with van der Waals surface area (Å²) in [4.78, 5) is 25.3. The summed E-state index contributed by atoms with van der Waals surface area (Å²) in [5.74, 6) is -1.20. The van der Waals surface area contributed by atoms with Gasteiger partial charge in [-0.3, -0.25) is 9.59 Å². The fourth-order valence-corrected chi connectivity index (χ4v) is 3.20. The first kappa shape index (κ1) is 18.9. The quantitative estimate of drug-likeness (QED) is 0.442. The lowest BCUT2D eigenvalue weighted by Gasteiger charge is -2.10. The van der Waals surface area contributed by atoms with Gasteiger partial charge in [0, 0.05) is 4.47 Å². The highest BCUT2D eigenvalue weighted by molar-refractivity contribution is 9.10. The van der Waals surface area contributed by atoms with E-state index in [1.165, 1.54) is 29.7 Å². The number of hydrogen-bond donors (Lipinski definition) is 2. The van der Waals surface area contributed by atoms with Crippen LogP contribution in [-0.4, -0.2) is 18.0 Å². The third-order valence-corrected chi connectivity index (χ3v) is 4.81. The Labute approximate surface area is 167 Å². The fraction of sp³-hybridized carbons (Fsp3) is 0. The molecule has 0 aliphatic rings. The number of nitrogens with zero attached hydrogens (tertiary/aromatic N) is 1. The summed E-state index contributed by atoms with van der Waals surface area (Å²) < 4.78 is 13.8. The van der Waals surface area contributed by atoms with E-state index in [0.29, 0.717) is 20.6 Å². The molecule has 8 heteroatoms. The Balaban J connectivity index is 1.75. The molecule has 3 rings (SSSR count). The van der Waals surface area contributed by atoms with Crippen molar-refractivity contribution in [1.29, 1.82) is 0 Å². The molecule has 136 valence electrons. The number of hydrogen-bond acceptors (Lipinski definition) is 4. The van der Waals surface area contributed by atoms with Crippen LogP contribution in [0.25, 0.3) is 0 Å². The molecular formula is C19H13BrFN3O2S. The van der Waals surface area contributed by atoms with Crippen LogP contribution in [-0.2, 0) is 0 Å². The van der Waals surface area contributed by atoms with Gasteiger partial charge in [0.1, 0.15) is 5.82 Å². The van der Waals surface area contributed by atoms with Crippen LogP contribution in [0.15, 0.2) is 69.6 Å². The summed E-state index contributed by atoms with van der Waals surface area (Å²) in [5, 5.41) is 8.36. The van der Waals surface area contributed by atoms with Crippen molar-refractivity contribution < 1.29 is 14.0 Å². The molecule has 1 heterocycles. The van der Waals surface area contributed by atoms with Gasteiger partial charge in [-0.1, -0.05) is 34.1 Å². The van der Waals surface area contributed by atoms with Crippen molar-refractivity contribution in [2.24, 2.45) is 5.10 Å². The Kier molecular flexibility index (Phi) is 6.10. The number of amides is 2. The number of anilines is 1. The molecule has 2 N–H and O–H groups in total. The van der Waals surface area contributed by atoms with Gasteiger partial charge in [0.25, 0.3) is 11.8 Å². The van der Waals surface area contributed by atoms with E-state index in [-0.39, 0.29) is 11.5 Å². The Hall–Kier alpha value is -2.84. The smallest absolute Gasteiger partial charge is 0.273 e. The lowest BCUT2D eigenvalue weighted by atomic mass is 10.1. The van der Waals surface area contributed by atoms with E-state index in [1.807, 2.05) is 0 Å². The van der Waals surface area contributed by atoms with E-state index in [0.717, 1.165) is 0 Å². The van der Waals surface area contributed by atoms with Gasteiger partial charge in [-0.15, -0.1) is 11.3 Å². The van der Waals surface area contributed by atoms with E-state index in [2.05, 4.69) is 31.8 Å². The molecular weight excluding hydrogens is 433 g/mol. The van der Waals surface area contributed by atoms with Crippen LogP contribution >= 0.6 is 27.3 Å². The molecule has 5 nitrogen and oxygen atoms in total. The van der Waals surface area contributed by atoms with E-state index < -0.39 is 11.7 Å². The van der Waals surface area contributed by atoms with Crippen LogP contribution in [0.1, 0.15) is 25.6 Å². The maximum atomic E-state index is 13.2. The molecule has 0 aliphatic heterocycles. The lowest BCUT2D eigenvalue weighted by Crippen LogP contribution is -2.21. The SMILES string of the molecule is O=C(Nc1ccc(Br)cc1C(=O)N/N=C/c1cccc(F)c1)c1cccs1. The molecule has 0 bridgehead atoms. The third kappa shape index (κ3) is 5.08. The highest BCUT2D eigenvalue weighted by atomic mass is 79.9. The van der Waals surface area contributed by atoms with Crippen molar-refractivity contribution in [2.75, 3.05) is 5.32 Å². The molecule has 0 radical (unpaired) electrons. The molecule has 0 atom stereocenters. The molecule has 1 aromatic heterocycles. The summed E-state index contributed by atoms with van der Waals surface area (Å²) in [6.07, 6.45) is 1.34. The summed E-state index contributed by atoms with van der Waals surface area (Å²) in [6, 6.07) is 14.2. The number of nitrogens with one attached hydrogen (secondary N) is 2. The van der Waals surface area contributed by atoms with E-state index in [9.17, 15) is 14.0 Å². The average molecular weight is 446 g/mol. The van der Waals surface area contributed by atoms with Crippen molar-refractivity contribution in [3.63, 3.8) is 0 Å². The third-order valence-electron chi connectivity index (χ3n) is 3.45. The first-order valence-electron chi connectivity index (χ1n) is 7.76. The topological polar surface area (TPSA) is 70.6 Å². The Bertz CT molecular complexity index is 1010. The van der Waals surface area contributed by atoms with Gasteiger partial charge in [-0.05, 0) is 47.3 Å². The van der Waals surface area contributed by atoms with Gasteiger partial charge in [-0.2, -0.15) is 5.10 Å². The molecule has 3 aromatic rings. The van der Waals surface area contributed by atoms with Crippen LogP contribution in [0.3, 0.4) is 0 Å².